The molecule has 1 saturated heterocycles. The molecule has 164 valence electrons. The first-order valence-corrected chi connectivity index (χ1v) is 11.8. The molecule has 4 aliphatic rings. The highest BCUT2D eigenvalue weighted by atomic mass is 16.5. The van der Waals surface area contributed by atoms with E-state index in [0.717, 1.165) is 23.1 Å². The Kier molecular flexibility index (Phi) is 4.32. The van der Waals surface area contributed by atoms with E-state index in [2.05, 4.69) is 101 Å². The topological polar surface area (TPSA) is 26.3 Å². The molecular weight excluding hydrogens is 404 g/mol. The molecule has 2 heteroatoms. The number of hydrogen-bond donors (Lipinski definition) is 0. The Labute approximate surface area is 195 Å². The summed E-state index contributed by atoms with van der Waals surface area (Å²) in [5.74, 6) is 0.00969. The van der Waals surface area contributed by atoms with Gasteiger partial charge in [0.25, 0.3) is 0 Å². The molecule has 0 aromatic heterocycles. The second-order valence-corrected chi connectivity index (χ2v) is 10.1. The van der Waals surface area contributed by atoms with Gasteiger partial charge in [0, 0.05) is 5.92 Å². The van der Waals surface area contributed by atoms with Gasteiger partial charge < -0.3 is 4.74 Å². The number of rotatable bonds is 2. The van der Waals surface area contributed by atoms with Gasteiger partial charge in [-0.05, 0) is 73.6 Å². The molecule has 0 saturated carbocycles. The SMILES string of the molecule is Cc1cc(C)cc(/C=C2\c3ccccc3[C@H]3CC4OC(=O)[C@]23C=C4c2cc(C)cc(C)c2)c1. The van der Waals surface area contributed by atoms with E-state index in [9.17, 15) is 4.79 Å². The highest BCUT2D eigenvalue weighted by molar-refractivity contribution is 6.09. The predicted molar refractivity (Wildman–Crippen MR) is 134 cm³/mol. The summed E-state index contributed by atoms with van der Waals surface area (Å²) in [6.07, 6.45) is 5.10. The van der Waals surface area contributed by atoms with E-state index in [0.29, 0.717) is 0 Å². The zero-order valence-corrected chi connectivity index (χ0v) is 19.6. The molecule has 7 rings (SSSR count). The fourth-order valence-corrected chi connectivity index (χ4v) is 6.39. The normalized spacial score (nSPS) is 26.1. The number of hydrogen-bond acceptors (Lipinski definition) is 2. The van der Waals surface area contributed by atoms with E-state index < -0.39 is 5.41 Å². The molecule has 2 aliphatic heterocycles. The van der Waals surface area contributed by atoms with Crippen molar-refractivity contribution in [2.75, 3.05) is 0 Å². The lowest BCUT2D eigenvalue weighted by molar-refractivity contribution is -0.161. The third kappa shape index (κ3) is 2.97. The molecule has 3 aromatic rings. The van der Waals surface area contributed by atoms with Crippen LogP contribution in [0, 0.1) is 33.1 Å². The van der Waals surface area contributed by atoms with E-state index in [4.69, 9.17) is 4.74 Å². The van der Waals surface area contributed by atoms with Crippen LogP contribution in [0.15, 0.2) is 66.7 Å². The van der Waals surface area contributed by atoms with Gasteiger partial charge in [0.15, 0.2) is 0 Å². The summed E-state index contributed by atoms with van der Waals surface area (Å²) in [5, 5.41) is 0. The second-order valence-electron chi connectivity index (χ2n) is 10.1. The van der Waals surface area contributed by atoms with E-state index >= 15 is 0 Å². The number of esters is 1. The highest BCUT2D eigenvalue weighted by Crippen LogP contribution is 2.65. The van der Waals surface area contributed by atoms with Crippen molar-refractivity contribution in [3.05, 3.63) is 111 Å². The molecule has 3 aromatic carbocycles. The van der Waals surface area contributed by atoms with Gasteiger partial charge in [-0.1, -0.05) is 89.0 Å². The van der Waals surface area contributed by atoms with E-state index in [1.807, 2.05) is 0 Å². The molecular formula is C31H28O2. The van der Waals surface area contributed by atoms with Gasteiger partial charge >= 0.3 is 5.97 Å². The molecule has 0 N–H and O–H groups in total. The summed E-state index contributed by atoms with van der Waals surface area (Å²) in [6, 6.07) is 21.7. The summed E-state index contributed by atoms with van der Waals surface area (Å²) in [5.41, 5.74) is 11.1. The number of ether oxygens (including phenoxy) is 1. The van der Waals surface area contributed by atoms with Gasteiger partial charge in [-0.2, -0.15) is 0 Å². The Morgan fingerprint density at radius 2 is 1.52 bits per heavy atom. The van der Waals surface area contributed by atoms with Crippen molar-refractivity contribution < 1.29 is 9.53 Å². The summed E-state index contributed by atoms with van der Waals surface area (Å²) in [7, 11) is 0. The van der Waals surface area contributed by atoms with Crippen molar-refractivity contribution in [1.29, 1.82) is 0 Å². The molecule has 33 heavy (non-hydrogen) atoms. The summed E-state index contributed by atoms with van der Waals surface area (Å²) in [4.78, 5) is 13.7. The zero-order valence-electron chi connectivity index (χ0n) is 19.6. The fraction of sp³-hybridized carbons (Fsp3) is 0.258. The zero-order chi connectivity index (χ0) is 22.9. The third-order valence-corrected chi connectivity index (χ3v) is 7.50. The Morgan fingerprint density at radius 3 is 2.21 bits per heavy atom. The fourth-order valence-electron chi connectivity index (χ4n) is 6.39. The van der Waals surface area contributed by atoms with Crippen LogP contribution >= 0.6 is 0 Å². The smallest absolute Gasteiger partial charge is 0.321 e. The van der Waals surface area contributed by atoms with Crippen molar-refractivity contribution in [3.63, 3.8) is 0 Å². The first-order valence-electron chi connectivity index (χ1n) is 11.8. The number of carbonyl (C=O) groups excluding carboxylic acids is 1. The maximum absolute atomic E-state index is 13.7. The van der Waals surface area contributed by atoms with E-state index in [1.165, 1.54) is 38.9 Å². The van der Waals surface area contributed by atoms with Crippen LogP contribution in [0.5, 0.6) is 0 Å². The van der Waals surface area contributed by atoms with Gasteiger partial charge in [-0.25, -0.2) is 0 Å². The van der Waals surface area contributed by atoms with Crippen LogP contribution in [-0.4, -0.2) is 12.1 Å². The van der Waals surface area contributed by atoms with Crippen molar-refractivity contribution in [2.24, 2.45) is 5.41 Å². The lowest BCUT2D eigenvalue weighted by atomic mass is 9.63. The third-order valence-electron chi connectivity index (χ3n) is 7.50. The van der Waals surface area contributed by atoms with Gasteiger partial charge in [-0.3, -0.25) is 4.79 Å². The van der Waals surface area contributed by atoms with Gasteiger partial charge in [0.2, 0.25) is 0 Å². The standard InChI is InChI=1S/C31H28O2/c1-18-9-19(2)12-22(11-18)15-27-24-7-5-6-8-25(24)28-16-29-26(17-31(27,28)30(32)33-29)23-13-20(3)10-21(4)14-23/h5-15,17,28-29H,16H2,1-4H3/b27-15+/t28-,29?,31-/m1/s1. The maximum atomic E-state index is 13.7. The summed E-state index contributed by atoms with van der Waals surface area (Å²) >= 11 is 0. The van der Waals surface area contributed by atoms with E-state index in [1.54, 1.807) is 0 Å². The van der Waals surface area contributed by atoms with Crippen LogP contribution in [0.1, 0.15) is 56.8 Å². The van der Waals surface area contributed by atoms with Crippen LogP contribution in [0.4, 0.5) is 0 Å². The van der Waals surface area contributed by atoms with Crippen LogP contribution in [0.3, 0.4) is 0 Å². The van der Waals surface area contributed by atoms with Crippen LogP contribution in [-0.2, 0) is 9.53 Å². The predicted octanol–water partition coefficient (Wildman–Crippen LogP) is 6.96. The molecule has 2 nitrogen and oxygen atoms in total. The van der Waals surface area contributed by atoms with Crippen molar-refractivity contribution in [1.82, 2.24) is 0 Å². The Balaban J connectivity index is 1.62. The average molecular weight is 433 g/mol. The molecule has 1 fully saturated rings. The number of aryl methyl sites for hydroxylation is 4. The van der Waals surface area contributed by atoms with Crippen molar-refractivity contribution in [3.8, 4) is 0 Å². The minimum Gasteiger partial charge on any atom is -0.457 e. The average Bonchev–Trinajstić information content (AvgIpc) is 3.03. The van der Waals surface area contributed by atoms with Crippen LogP contribution in [0.2, 0.25) is 0 Å². The van der Waals surface area contributed by atoms with Gasteiger partial charge in [0.05, 0.1) is 0 Å². The second kappa shape index (κ2) is 7.05. The van der Waals surface area contributed by atoms with Crippen molar-refractivity contribution >= 4 is 23.2 Å². The molecule has 1 unspecified atom stereocenters. The Bertz CT molecular complexity index is 1350. The minimum atomic E-state index is -0.775. The first kappa shape index (κ1) is 20.2. The lowest BCUT2D eigenvalue weighted by Gasteiger charge is -2.46. The molecule has 2 aliphatic carbocycles. The molecule has 2 heterocycles. The Morgan fingerprint density at radius 1 is 0.879 bits per heavy atom. The van der Waals surface area contributed by atoms with Gasteiger partial charge in [0.1, 0.15) is 11.5 Å². The minimum absolute atomic E-state index is 0.108. The first-order chi connectivity index (χ1) is 15.8. The number of fused-ring (bicyclic) bond motifs is 2. The van der Waals surface area contributed by atoms with Crippen molar-refractivity contribution in [2.45, 2.75) is 46.1 Å². The highest BCUT2D eigenvalue weighted by Gasteiger charge is 2.62. The Hall–Kier alpha value is -3.39. The largest absolute Gasteiger partial charge is 0.457 e. The number of benzene rings is 3. The quantitative estimate of drug-likeness (QED) is 0.409. The molecule has 1 spiro atoms. The lowest BCUT2D eigenvalue weighted by Crippen LogP contribution is -2.48. The van der Waals surface area contributed by atoms with Crippen LogP contribution < -0.4 is 0 Å². The molecule has 0 amide bonds. The summed E-state index contributed by atoms with van der Waals surface area (Å²) < 4.78 is 6.14. The summed E-state index contributed by atoms with van der Waals surface area (Å²) in [6.45, 7) is 8.50. The maximum Gasteiger partial charge on any atom is 0.321 e. The molecule has 3 atom stereocenters. The number of carbonyl (C=O) groups is 1. The van der Waals surface area contributed by atoms with E-state index in [-0.39, 0.29) is 18.0 Å². The van der Waals surface area contributed by atoms with Crippen LogP contribution in [0.25, 0.3) is 17.2 Å². The van der Waals surface area contributed by atoms with Gasteiger partial charge in [-0.15, -0.1) is 0 Å². The molecule has 2 bridgehead atoms. The monoisotopic (exact) mass is 432 g/mol. The molecule has 0 radical (unpaired) electrons.